The molecular formula is C27H22F3NO3. The molecule has 1 amide bonds. The molecule has 1 heterocycles. The third-order valence-electron chi connectivity index (χ3n) is 6.06. The van der Waals surface area contributed by atoms with Crippen molar-refractivity contribution in [3.8, 4) is 0 Å². The number of alkyl halides is 3. The number of aliphatic hydroxyl groups excluding tert-OH is 1. The highest BCUT2D eigenvalue weighted by atomic mass is 19.4. The minimum atomic E-state index is -4.54. The second kappa shape index (κ2) is 8.48. The molecule has 1 aliphatic rings. The maximum atomic E-state index is 13.2. The topological polar surface area (TPSA) is 57.6 Å². The molecule has 174 valence electrons. The average Bonchev–Trinajstić information content (AvgIpc) is 3.05. The Morgan fingerprint density at radius 3 is 2.15 bits per heavy atom. The van der Waals surface area contributed by atoms with Gasteiger partial charge in [-0.15, -0.1) is 0 Å². The number of rotatable bonds is 3. The molecular weight excluding hydrogens is 443 g/mol. The number of carbonyl (C=O) groups excluding carboxylic acids is 2. The van der Waals surface area contributed by atoms with Crippen molar-refractivity contribution in [2.75, 3.05) is 4.90 Å². The highest BCUT2D eigenvalue weighted by molar-refractivity contribution is 6.51. The number of carbonyl (C=O) groups is 2. The number of ketones is 1. The first-order chi connectivity index (χ1) is 16.0. The molecule has 34 heavy (non-hydrogen) atoms. The zero-order valence-electron chi connectivity index (χ0n) is 18.8. The van der Waals surface area contributed by atoms with E-state index in [0.717, 1.165) is 45.9 Å². The first-order valence-corrected chi connectivity index (χ1v) is 10.6. The van der Waals surface area contributed by atoms with E-state index in [9.17, 15) is 27.9 Å². The van der Waals surface area contributed by atoms with Gasteiger partial charge in [0.1, 0.15) is 5.76 Å². The zero-order chi connectivity index (χ0) is 24.8. The van der Waals surface area contributed by atoms with Gasteiger partial charge >= 0.3 is 6.18 Å². The molecule has 0 aromatic heterocycles. The van der Waals surface area contributed by atoms with E-state index < -0.39 is 29.5 Å². The van der Waals surface area contributed by atoms with Gasteiger partial charge in [0.2, 0.25) is 0 Å². The second-order valence-electron chi connectivity index (χ2n) is 8.43. The van der Waals surface area contributed by atoms with Crippen LogP contribution >= 0.6 is 0 Å². The number of benzene rings is 3. The van der Waals surface area contributed by atoms with E-state index >= 15 is 0 Å². The molecule has 0 spiro atoms. The van der Waals surface area contributed by atoms with Gasteiger partial charge in [0.15, 0.2) is 0 Å². The first kappa shape index (κ1) is 23.3. The van der Waals surface area contributed by atoms with Crippen molar-refractivity contribution in [2.24, 2.45) is 0 Å². The predicted molar refractivity (Wildman–Crippen MR) is 123 cm³/mol. The van der Waals surface area contributed by atoms with E-state index in [1.54, 1.807) is 36.4 Å². The van der Waals surface area contributed by atoms with E-state index in [1.165, 1.54) is 0 Å². The second-order valence-corrected chi connectivity index (χ2v) is 8.43. The maximum Gasteiger partial charge on any atom is 0.416 e. The van der Waals surface area contributed by atoms with Crippen molar-refractivity contribution in [3.05, 3.63) is 106 Å². The quantitative estimate of drug-likeness (QED) is 0.282. The van der Waals surface area contributed by atoms with E-state index in [0.29, 0.717) is 11.1 Å². The van der Waals surface area contributed by atoms with Crippen LogP contribution in [0.5, 0.6) is 0 Å². The van der Waals surface area contributed by atoms with Crippen LogP contribution in [-0.2, 0) is 15.8 Å². The lowest BCUT2D eigenvalue weighted by atomic mass is 9.93. The molecule has 3 aromatic rings. The first-order valence-electron chi connectivity index (χ1n) is 10.6. The molecule has 7 heteroatoms. The van der Waals surface area contributed by atoms with Crippen LogP contribution in [-0.4, -0.2) is 16.8 Å². The van der Waals surface area contributed by atoms with Crippen LogP contribution in [0.3, 0.4) is 0 Å². The molecule has 4 nitrogen and oxygen atoms in total. The Morgan fingerprint density at radius 1 is 0.882 bits per heavy atom. The molecule has 4 rings (SSSR count). The molecule has 1 atom stereocenters. The van der Waals surface area contributed by atoms with Gasteiger partial charge in [0, 0.05) is 11.3 Å². The van der Waals surface area contributed by atoms with E-state index in [2.05, 4.69) is 0 Å². The summed E-state index contributed by atoms with van der Waals surface area (Å²) < 4.78 is 39.2. The molecule has 0 bridgehead atoms. The van der Waals surface area contributed by atoms with Crippen LogP contribution in [0.4, 0.5) is 18.9 Å². The Balaban J connectivity index is 1.92. The summed E-state index contributed by atoms with van der Waals surface area (Å²) in [6, 6.07) is 15.3. The molecule has 0 aliphatic carbocycles. The lowest BCUT2D eigenvalue weighted by molar-refractivity contribution is -0.137. The van der Waals surface area contributed by atoms with E-state index in [-0.39, 0.29) is 17.0 Å². The minimum absolute atomic E-state index is 0.112. The fraction of sp³-hybridized carbons (Fsp3) is 0.185. The SMILES string of the molecule is Cc1cccc(C2/C(=C(/O)c3ccc(C)c(C)c3)C(=O)C(=O)N2c2ccc(C(F)(F)F)cc2)c1. The summed E-state index contributed by atoms with van der Waals surface area (Å²) in [5.74, 6) is -2.15. The van der Waals surface area contributed by atoms with E-state index in [4.69, 9.17) is 0 Å². The number of hydrogen-bond donors (Lipinski definition) is 1. The number of halogens is 3. The lowest BCUT2D eigenvalue weighted by Gasteiger charge is -2.26. The number of aliphatic hydroxyl groups is 1. The monoisotopic (exact) mass is 465 g/mol. The van der Waals surface area contributed by atoms with Crippen LogP contribution < -0.4 is 4.90 Å². The predicted octanol–water partition coefficient (Wildman–Crippen LogP) is 6.26. The Kier molecular flexibility index (Phi) is 5.81. The van der Waals surface area contributed by atoms with E-state index in [1.807, 2.05) is 26.8 Å². The van der Waals surface area contributed by atoms with Crippen molar-refractivity contribution in [2.45, 2.75) is 33.0 Å². The summed E-state index contributed by atoms with van der Waals surface area (Å²) in [6.07, 6.45) is -4.54. The van der Waals surface area contributed by atoms with Gasteiger partial charge in [-0.3, -0.25) is 14.5 Å². The molecule has 1 N–H and O–H groups in total. The molecule has 1 aliphatic heterocycles. The molecule has 1 fully saturated rings. The average molecular weight is 465 g/mol. The Hall–Kier alpha value is -3.87. The van der Waals surface area contributed by atoms with Crippen molar-refractivity contribution < 1.29 is 27.9 Å². The summed E-state index contributed by atoms with van der Waals surface area (Å²) in [7, 11) is 0. The number of hydrogen-bond acceptors (Lipinski definition) is 3. The van der Waals surface area contributed by atoms with Crippen molar-refractivity contribution in [3.63, 3.8) is 0 Å². The maximum absolute atomic E-state index is 13.2. The Bertz CT molecular complexity index is 1320. The lowest BCUT2D eigenvalue weighted by Crippen LogP contribution is -2.29. The molecule has 0 radical (unpaired) electrons. The van der Waals surface area contributed by atoms with Gasteiger partial charge in [-0.1, -0.05) is 42.0 Å². The van der Waals surface area contributed by atoms with Crippen molar-refractivity contribution in [1.82, 2.24) is 0 Å². The Labute approximate surface area is 195 Å². The van der Waals surface area contributed by atoms with Crippen LogP contribution in [0.1, 0.15) is 39.4 Å². The summed E-state index contributed by atoms with van der Waals surface area (Å²) >= 11 is 0. The normalized spacial score (nSPS) is 17.9. The molecule has 1 unspecified atom stereocenters. The Morgan fingerprint density at radius 2 is 1.56 bits per heavy atom. The number of aryl methyl sites for hydroxylation is 3. The van der Waals surface area contributed by atoms with Crippen molar-refractivity contribution in [1.29, 1.82) is 0 Å². The van der Waals surface area contributed by atoms with Gasteiger partial charge in [0.25, 0.3) is 11.7 Å². The van der Waals surface area contributed by atoms with Gasteiger partial charge in [-0.2, -0.15) is 13.2 Å². The highest BCUT2D eigenvalue weighted by Crippen LogP contribution is 2.43. The third kappa shape index (κ3) is 4.09. The van der Waals surface area contributed by atoms with Crippen molar-refractivity contribution >= 4 is 23.1 Å². The fourth-order valence-electron chi connectivity index (χ4n) is 4.11. The summed E-state index contributed by atoms with van der Waals surface area (Å²) in [5.41, 5.74) is 2.84. The fourth-order valence-corrected chi connectivity index (χ4v) is 4.11. The summed E-state index contributed by atoms with van der Waals surface area (Å²) in [6.45, 7) is 5.62. The van der Waals surface area contributed by atoms with Crippen LogP contribution in [0.2, 0.25) is 0 Å². The summed E-state index contributed by atoms with van der Waals surface area (Å²) in [4.78, 5) is 27.4. The van der Waals surface area contributed by atoms with Crippen LogP contribution in [0, 0.1) is 20.8 Å². The largest absolute Gasteiger partial charge is 0.507 e. The third-order valence-corrected chi connectivity index (χ3v) is 6.06. The van der Waals surface area contributed by atoms with Gasteiger partial charge in [-0.05, 0) is 67.8 Å². The summed E-state index contributed by atoms with van der Waals surface area (Å²) in [5, 5.41) is 11.2. The molecule has 3 aromatic carbocycles. The molecule has 0 saturated carbocycles. The number of amides is 1. The van der Waals surface area contributed by atoms with Crippen LogP contribution in [0.25, 0.3) is 5.76 Å². The number of anilines is 1. The highest BCUT2D eigenvalue weighted by Gasteiger charge is 2.47. The van der Waals surface area contributed by atoms with Gasteiger partial charge in [0.05, 0.1) is 17.2 Å². The standard InChI is InChI=1S/C27H22F3NO3/c1-15-5-4-6-18(13-15)23-22(24(32)19-8-7-16(2)17(3)14-19)25(33)26(34)31(23)21-11-9-20(10-12-21)27(28,29)30/h4-14,23,32H,1-3H3/b24-22-. The van der Waals surface area contributed by atoms with Gasteiger partial charge < -0.3 is 5.11 Å². The smallest absolute Gasteiger partial charge is 0.416 e. The minimum Gasteiger partial charge on any atom is -0.507 e. The van der Waals surface area contributed by atoms with Gasteiger partial charge in [-0.25, -0.2) is 0 Å². The number of Topliss-reactive ketones (excluding diaryl/α,β-unsaturated/α-hetero) is 1. The number of nitrogens with zero attached hydrogens (tertiary/aromatic N) is 1. The zero-order valence-corrected chi connectivity index (χ0v) is 18.8. The molecule has 1 saturated heterocycles. The van der Waals surface area contributed by atoms with Crippen LogP contribution in [0.15, 0.2) is 72.3 Å².